The molecule has 1 aromatic heterocycles. The van der Waals surface area contributed by atoms with Crippen LogP contribution in [0.3, 0.4) is 0 Å². The molecule has 1 rings (SSSR count). The van der Waals surface area contributed by atoms with Gasteiger partial charge >= 0.3 is 6.18 Å². The van der Waals surface area contributed by atoms with E-state index in [-0.39, 0.29) is 6.54 Å². The second-order valence-corrected chi connectivity index (χ2v) is 4.03. The van der Waals surface area contributed by atoms with Crippen molar-refractivity contribution in [3.05, 3.63) is 30.1 Å². The number of amides is 1. The highest BCUT2D eigenvalue weighted by Crippen LogP contribution is 2.18. The Kier molecular flexibility index (Phi) is 6.27. The van der Waals surface area contributed by atoms with Crippen LogP contribution in [0.4, 0.5) is 13.2 Å². The zero-order valence-corrected chi connectivity index (χ0v) is 10.3. The minimum absolute atomic E-state index is 0.231. The molecule has 2 N–H and O–H groups in total. The summed E-state index contributed by atoms with van der Waals surface area (Å²) in [6.07, 6.45) is -1.87. The smallest absolute Gasteiger partial charge is 0.356 e. The van der Waals surface area contributed by atoms with Gasteiger partial charge in [0.15, 0.2) is 0 Å². The minimum atomic E-state index is -4.44. The fourth-order valence-corrected chi connectivity index (χ4v) is 1.42. The first-order valence-corrected chi connectivity index (χ1v) is 5.90. The van der Waals surface area contributed by atoms with E-state index in [9.17, 15) is 18.0 Å². The van der Waals surface area contributed by atoms with Crippen LogP contribution in [0.1, 0.15) is 18.4 Å². The highest BCUT2D eigenvalue weighted by atomic mass is 19.4. The van der Waals surface area contributed by atoms with Crippen molar-refractivity contribution in [1.29, 1.82) is 0 Å². The Morgan fingerprint density at radius 3 is 2.74 bits per heavy atom. The number of halogens is 3. The Morgan fingerprint density at radius 1 is 1.32 bits per heavy atom. The molecular formula is C12H16F3N3O. The molecule has 0 spiro atoms. The maximum atomic E-state index is 11.8. The van der Waals surface area contributed by atoms with Crippen LogP contribution in [0.25, 0.3) is 0 Å². The Balaban J connectivity index is 2.01. The summed E-state index contributed by atoms with van der Waals surface area (Å²) in [5.74, 6) is -0.986. The zero-order valence-electron chi connectivity index (χ0n) is 10.3. The van der Waals surface area contributed by atoms with Gasteiger partial charge in [-0.05, 0) is 24.6 Å². The fraction of sp³-hybridized carbons (Fsp3) is 0.500. The van der Waals surface area contributed by atoms with Crippen molar-refractivity contribution >= 4 is 5.91 Å². The van der Waals surface area contributed by atoms with Gasteiger partial charge in [-0.25, -0.2) is 0 Å². The quantitative estimate of drug-likeness (QED) is 0.744. The van der Waals surface area contributed by atoms with Gasteiger partial charge in [0.25, 0.3) is 0 Å². The fourth-order valence-electron chi connectivity index (χ4n) is 1.42. The number of nitrogens with one attached hydrogen (secondary N) is 2. The summed E-state index contributed by atoms with van der Waals surface area (Å²) >= 11 is 0. The number of carbonyl (C=O) groups excluding carboxylic acids is 1. The largest absolute Gasteiger partial charge is 0.397 e. The molecule has 1 heterocycles. The lowest BCUT2D eigenvalue weighted by molar-refractivity contribution is -0.153. The van der Waals surface area contributed by atoms with Gasteiger partial charge in [0.2, 0.25) is 5.91 Å². The molecule has 1 amide bonds. The first kappa shape index (κ1) is 15.4. The average molecular weight is 275 g/mol. The van der Waals surface area contributed by atoms with Crippen molar-refractivity contribution in [1.82, 2.24) is 15.6 Å². The highest BCUT2D eigenvalue weighted by Gasteiger charge is 2.30. The van der Waals surface area contributed by atoms with E-state index in [0.29, 0.717) is 19.5 Å². The van der Waals surface area contributed by atoms with Gasteiger partial charge in [0.1, 0.15) is 6.42 Å². The second-order valence-electron chi connectivity index (χ2n) is 4.03. The predicted octanol–water partition coefficient (Wildman–Crippen LogP) is 1.63. The number of rotatable bonds is 7. The van der Waals surface area contributed by atoms with E-state index in [4.69, 9.17) is 0 Å². The van der Waals surface area contributed by atoms with Gasteiger partial charge < -0.3 is 10.6 Å². The number of nitrogens with zero attached hydrogens (tertiary/aromatic N) is 1. The van der Waals surface area contributed by atoms with E-state index in [2.05, 4.69) is 15.6 Å². The summed E-state index contributed by atoms with van der Waals surface area (Å²) in [6.45, 7) is 1.49. The van der Waals surface area contributed by atoms with Crippen LogP contribution in [0, 0.1) is 0 Å². The van der Waals surface area contributed by atoms with Crippen molar-refractivity contribution in [3.63, 3.8) is 0 Å². The van der Waals surface area contributed by atoms with Crippen LogP contribution in [-0.4, -0.2) is 30.2 Å². The van der Waals surface area contributed by atoms with E-state index in [1.165, 1.54) is 0 Å². The third kappa shape index (κ3) is 8.15. The van der Waals surface area contributed by atoms with E-state index < -0.39 is 18.5 Å². The third-order valence-electron chi connectivity index (χ3n) is 2.27. The van der Waals surface area contributed by atoms with E-state index in [1.54, 1.807) is 12.4 Å². The summed E-state index contributed by atoms with van der Waals surface area (Å²) in [7, 11) is 0. The molecule has 0 atom stereocenters. The maximum Gasteiger partial charge on any atom is 0.397 e. The van der Waals surface area contributed by atoms with E-state index >= 15 is 0 Å². The topological polar surface area (TPSA) is 54.0 Å². The van der Waals surface area contributed by atoms with Gasteiger partial charge in [-0.3, -0.25) is 9.78 Å². The summed E-state index contributed by atoms with van der Waals surface area (Å²) in [4.78, 5) is 14.8. The van der Waals surface area contributed by atoms with Gasteiger partial charge in [-0.15, -0.1) is 0 Å². The van der Waals surface area contributed by atoms with Crippen LogP contribution < -0.4 is 10.6 Å². The summed E-state index contributed by atoms with van der Waals surface area (Å²) in [5, 5.41) is 5.34. The molecule has 0 saturated heterocycles. The summed E-state index contributed by atoms with van der Waals surface area (Å²) < 4.78 is 35.5. The standard InChI is InChI=1S/C12H16F3N3O/c13-12(14,15)7-11(19)18-6-2-5-17-9-10-3-1-4-16-8-10/h1,3-4,8,17H,2,5-7,9H2,(H,18,19). The summed E-state index contributed by atoms with van der Waals surface area (Å²) in [5.41, 5.74) is 1.03. The Morgan fingerprint density at radius 2 is 2.11 bits per heavy atom. The molecule has 19 heavy (non-hydrogen) atoms. The SMILES string of the molecule is O=C(CC(F)(F)F)NCCCNCc1cccnc1. The maximum absolute atomic E-state index is 11.8. The predicted molar refractivity (Wildman–Crippen MR) is 64.2 cm³/mol. The number of alkyl halides is 3. The lowest BCUT2D eigenvalue weighted by atomic mass is 10.3. The molecule has 0 unspecified atom stereocenters. The van der Waals surface area contributed by atoms with Gasteiger partial charge in [0.05, 0.1) is 0 Å². The Labute approximate surface area is 109 Å². The van der Waals surface area contributed by atoms with Crippen LogP contribution in [-0.2, 0) is 11.3 Å². The first-order chi connectivity index (χ1) is 8.97. The lowest BCUT2D eigenvalue weighted by Gasteiger charge is -2.08. The van der Waals surface area contributed by atoms with E-state index in [1.807, 2.05) is 12.1 Å². The molecule has 106 valence electrons. The molecule has 0 bridgehead atoms. The molecule has 0 aliphatic carbocycles. The molecular weight excluding hydrogens is 259 g/mol. The van der Waals surface area contributed by atoms with Crippen molar-refractivity contribution in [2.75, 3.05) is 13.1 Å². The molecule has 1 aromatic rings. The van der Waals surface area contributed by atoms with Gasteiger partial charge in [-0.2, -0.15) is 13.2 Å². The molecule has 7 heteroatoms. The number of hydrogen-bond acceptors (Lipinski definition) is 3. The molecule has 0 radical (unpaired) electrons. The highest BCUT2D eigenvalue weighted by molar-refractivity contribution is 5.76. The van der Waals surface area contributed by atoms with Crippen LogP contribution in [0.2, 0.25) is 0 Å². The average Bonchev–Trinajstić information content (AvgIpc) is 2.32. The van der Waals surface area contributed by atoms with Crippen molar-refractivity contribution in [2.45, 2.75) is 25.6 Å². The van der Waals surface area contributed by atoms with Crippen LogP contribution >= 0.6 is 0 Å². The van der Waals surface area contributed by atoms with E-state index in [0.717, 1.165) is 5.56 Å². The minimum Gasteiger partial charge on any atom is -0.356 e. The number of carbonyl (C=O) groups is 1. The third-order valence-corrected chi connectivity index (χ3v) is 2.27. The number of hydrogen-bond donors (Lipinski definition) is 2. The monoisotopic (exact) mass is 275 g/mol. The molecule has 0 aliphatic heterocycles. The molecule has 0 aliphatic rings. The van der Waals surface area contributed by atoms with Crippen molar-refractivity contribution in [2.24, 2.45) is 0 Å². The number of pyridine rings is 1. The summed E-state index contributed by atoms with van der Waals surface area (Å²) in [6, 6.07) is 3.75. The zero-order chi connectivity index (χ0) is 14.1. The molecule has 4 nitrogen and oxygen atoms in total. The van der Waals surface area contributed by atoms with Gasteiger partial charge in [-0.1, -0.05) is 6.07 Å². The molecule has 0 aromatic carbocycles. The molecule has 0 fully saturated rings. The Bertz CT molecular complexity index is 382. The normalized spacial score (nSPS) is 11.3. The lowest BCUT2D eigenvalue weighted by Crippen LogP contribution is -2.30. The Hall–Kier alpha value is -1.63. The van der Waals surface area contributed by atoms with Crippen molar-refractivity contribution in [3.8, 4) is 0 Å². The number of aromatic nitrogens is 1. The van der Waals surface area contributed by atoms with Gasteiger partial charge in [0, 0.05) is 25.5 Å². The van der Waals surface area contributed by atoms with Crippen LogP contribution in [0.5, 0.6) is 0 Å². The van der Waals surface area contributed by atoms with Crippen LogP contribution in [0.15, 0.2) is 24.5 Å². The first-order valence-electron chi connectivity index (χ1n) is 5.90. The second kappa shape index (κ2) is 7.73. The van der Waals surface area contributed by atoms with Crippen molar-refractivity contribution < 1.29 is 18.0 Å². The molecule has 0 saturated carbocycles.